The predicted molar refractivity (Wildman–Crippen MR) is 59.0 cm³/mol. The Bertz CT molecular complexity index is 246. The van der Waals surface area contributed by atoms with Crippen LogP contribution in [-0.2, 0) is 6.54 Å². The average Bonchev–Trinajstić information content (AvgIpc) is 2.19. The summed E-state index contributed by atoms with van der Waals surface area (Å²) in [6, 6.07) is 10.2. The highest BCUT2D eigenvalue weighted by molar-refractivity contribution is 5.14. The molecule has 0 aliphatic rings. The summed E-state index contributed by atoms with van der Waals surface area (Å²) in [5.74, 6) is 0.318. The van der Waals surface area contributed by atoms with E-state index in [4.69, 9.17) is 0 Å². The van der Waals surface area contributed by atoms with E-state index in [9.17, 15) is 5.11 Å². The Balaban J connectivity index is 2.22. The van der Waals surface area contributed by atoms with Crippen molar-refractivity contribution in [3.63, 3.8) is 0 Å². The largest absolute Gasteiger partial charge is 0.392 e. The van der Waals surface area contributed by atoms with Crippen molar-refractivity contribution < 1.29 is 5.11 Å². The zero-order valence-electron chi connectivity index (χ0n) is 8.90. The molecule has 1 rings (SSSR count). The SMILES string of the molecule is CC(C)[C@H](O)CNCc1ccccc1. The Morgan fingerprint density at radius 3 is 2.43 bits per heavy atom. The molecule has 0 unspecified atom stereocenters. The number of benzene rings is 1. The standard InChI is InChI=1S/C12H19NO/c1-10(2)12(14)9-13-8-11-6-4-3-5-7-11/h3-7,10,12-14H,8-9H2,1-2H3/t12-/m1/s1. The molecule has 0 aromatic heterocycles. The molecule has 2 N–H and O–H groups in total. The topological polar surface area (TPSA) is 32.3 Å². The fourth-order valence-corrected chi connectivity index (χ4v) is 1.20. The quantitative estimate of drug-likeness (QED) is 0.747. The molecule has 0 saturated heterocycles. The summed E-state index contributed by atoms with van der Waals surface area (Å²) in [5, 5.41) is 12.8. The minimum atomic E-state index is -0.251. The van der Waals surface area contributed by atoms with Crippen molar-refractivity contribution in [3.8, 4) is 0 Å². The number of rotatable bonds is 5. The van der Waals surface area contributed by atoms with Crippen molar-refractivity contribution in [2.75, 3.05) is 6.54 Å². The molecular formula is C12H19NO. The fraction of sp³-hybridized carbons (Fsp3) is 0.500. The predicted octanol–water partition coefficient (Wildman–Crippen LogP) is 1.79. The van der Waals surface area contributed by atoms with Gasteiger partial charge in [0.25, 0.3) is 0 Å². The lowest BCUT2D eigenvalue weighted by atomic mass is 10.1. The van der Waals surface area contributed by atoms with E-state index in [2.05, 4.69) is 17.4 Å². The summed E-state index contributed by atoms with van der Waals surface area (Å²) in [6.07, 6.45) is -0.251. The molecule has 1 atom stereocenters. The molecule has 0 bridgehead atoms. The van der Waals surface area contributed by atoms with Gasteiger partial charge < -0.3 is 10.4 Å². The van der Waals surface area contributed by atoms with E-state index in [1.54, 1.807) is 0 Å². The Morgan fingerprint density at radius 1 is 1.21 bits per heavy atom. The monoisotopic (exact) mass is 193 g/mol. The van der Waals surface area contributed by atoms with Gasteiger partial charge >= 0.3 is 0 Å². The first-order valence-corrected chi connectivity index (χ1v) is 5.13. The zero-order valence-corrected chi connectivity index (χ0v) is 8.90. The van der Waals surface area contributed by atoms with E-state index in [1.807, 2.05) is 32.0 Å². The van der Waals surface area contributed by atoms with Crippen LogP contribution in [0.3, 0.4) is 0 Å². The highest BCUT2D eigenvalue weighted by atomic mass is 16.3. The molecule has 0 aliphatic carbocycles. The van der Waals surface area contributed by atoms with Crippen LogP contribution in [0.4, 0.5) is 0 Å². The third-order valence-corrected chi connectivity index (χ3v) is 2.29. The van der Waals surface area contributed by atoms with Gasteiger partial charge in [0, 0.05) is 13.1 Å². The fourth-order valence-electron chi connectivity index (χ4n) is 1.20. The highest BCUT2D eigenvalue weighted by Crippen LogP contribution is 2.01. The summed E-state index contributed by atoms with van der Waals surface area (Å²) in [5.41, 5.74) is 1.25. The number of hydrogen-bond acceptors (Lipinski definition) is 2. The van der Waals surface area contributed by atoms with Crippen molar-refractivity contribution in [1.82, 2.24) is 5.32 Å². The van der Waals surface area contributed by atoms with Crippen LogP contribution in [0.2, 0.25) is 0 Å². The lowest BCUT2D eigenvalue weighted by Gasteiger charge is -2.14. The second-order valence-electron chi connectivity index (χ2n) is 3.93. The summed E-state index contributed by atoms with van der Waals surface area (Å²) in [6.45, 7) is 5.53. The second kappa shape index (κ2) is 5.78. The molecule has 0 spiro atoms. The van der Waals surface area contributed by atoms with E-state index in [0.717, 1.165) is 6.54 Å². The summed E-state index contributed by atoms with van der Waals surface area (Å²) in [7, 11) is 0. The maximum absolute atomic E-state index is 9.54. The van der Waals surface area contributed by atoms with Gasteiger partial charge in [0.05, 0.1) is 6.10 Å². The molecule has 0 amide bonds. The molecular weight excluding hydrogens is 174 g/mol. The normalized spacial score (nSPS) is 13.1. The van der Waals surface area contributed by atoms with E-state index < -0.39 is 0 Å². The van der Waals surface area contributed by atoms with Crippen LogP contribution in [0.1, 0.15) is 19.4 Å². The number of aliphatic hydroxyl groups excluding tert-OH is 1. The van der Waals surface area contributed by atoms with Crippen LogP contribution in [0.25, 0.3) is 0 Å². The van der Waals surface area contributed by atoms with E-state index in [-0.39, 0.29) is 6.10 Å². The van der Waals surface area contributed by atoms with Crippen molar-refractivity contribution in [1.29, 1.82) is 0 Å². The molecule has 78 valence electrons. The molecule has 0 fully saturated rings. The van der Waals surface area contributed by atoms with Gasteiger partial charge in [0.15, 0.2) is 0 Å². The van der Waals surface area contributed by atoms with Crippen LogP contribution in [-0.4, -0.2) is 17.8 Å². The highest BCUT2D eigenvalue weighted by Gasteiger charge is 2.07. The maximum atomic E-state index is 9.54. The molecule has 0 saturated carbocycles. The first-order valence-electron chi connectivity index (χ1n) is 5.13. The van der Waals surface area contributed by atoms with E-state index in [0.29, 0.717) is 12.5 Å². The number of nitrogens with one attached hydrogen (secondary N) is 1. The third kappa shape index (κ3) is 3.90. The van der Waals surface area contributed by atoms with Gasteiger partial charge in [-0.2, -0.15) is 0 Å². The molecule has 1 aromatic rings. The summed E-state index contributed by atoms with van der Waals surface area (Å²) >= 11 is 0. The van der Waals surface area contributed by atoms with Gasteiger partial charge in [0.2, 0.25) is 0 Å². The summed E-state index contributed by atoms with van der Waals surface area (Å²) < 4.78 is 0. The van der Waals surface area contributed by atoms with E-state index in [1.165, 1.54) is 5.56 Å². The minimum absolute atomic E-state index is 0.251. The molecule has 0 radical (unpaired) electrons. The van der Waals surface area contributed by atoms with Crippen LogP contribution in [0, 0.1) is 5.92 Å². The number of hydrogen-bond donors (Lipinski definition) is 2. The molecule has 1 aromatic carbocycles. The first kappa shape index (κ1) is 11.2. The van der Waals surface area contributed by atoms with Crippen molar-refractivity contribution in [2.45, 2.75) is 26.5 Å². The smallest absolute Gasteiger partial charge is 0.0687 e. The second-order valence-corrected chi connectivity index (χ2v) is 3.93. The van der Waals surface area contributed by atoms with E-state index >= 15 is 0 Å². The Hall–Kier alpha value is -0.860. The van der Waals surface area contributed by atoms with Crippen LogP contribution in [0.15, 0.2) is 30.3 Å². The Morgan fingerprint density at radius 2 is 1.86 bits per heavy atom. The van der Waals surface area contributed by atoms with Crippen LogP contribution in [0.5, 0.6) is 0 Å². The summed E-state index contributed by atoms with van der Waals surface area (Å²) in [4.78, 5) is 0. The lowest BCUT2D eigenvalue weighted by Crippen LogP contribution is -2.30. The Labute approximate surface area is 86.0 Å². The molecule has 2 heteroatoms. The first-order chi connectivity index (χ1) is 6.70. The third-order valence-electron chi connectivity index (χ3n) is 2.29. The van der Waals surface area contributed by atoms with Crippen molar-refractivity contribution in [2.24, 2.45) is 5.92 Å². The van der Waals surface area contributed by atoms with Gasteiger partial charge in [-0.15, -0.1) is 0 Å². The van der Waals surface area contributed by atoms with Crippen LogP contribution < -0.4 is 5.32 Å². The zero-order chi connectivity index (χ0) is 10.4. The lowest BCUT2D eigenvalue weighted by molar-refractivity contribution is 0.123. The van der Waals surface area contributed by atoms with Gasteiger partial charge in [0.1, 0.15) is 0 Å². The molecule has 0 heterocycles. The molecule has 2 nitrogen and oxygen atoms in total. The van der Waals surface area contributed by atoms with Crippen molar-refractivity contribution >= 4 is 0 Å². The minimum Gasteiger partial charge on any atom is -0.392 e. The van der Waals surface area contributed by atoms with Crippen LogP contribution >= 0.6 is 0 Å². The molecule has 14 heavy (non-hydrogen) atoms. The maximum Gasteiger partial charge on any atom is 0.0687 e. The Kier molecular flexibility index (Phi) is 4.63. The van der Waals surface area contributed by atoms with Crippen molar-refractivity contribution in [3.05, 3.63) is 35.9 Å². The van der Waals surface area contributed by atoms with Gasteiger partial charge in [-0.05, 0) is 11.5 Å². The van der Waals surface area contributed by atoms with Gasteiger partial charge in [-0.3, -0.25) is 0 Å². The van der Waals surface area contributed by atoms with Gasteiger partial charge in [-0.25, -0.2) is 0 Å². The number of aliphatic hydroxyl groups is 1. The van der Waals surface area contributed by atoms with Gasteiger partial charge in [-0.1, -0.05) is 44.2 Å². The average molecular weight is 193 g/mol. The molecule has 0 aliphatic heterocycles.